The van der Waals surface area contributed by atoms with Gasteiger partial charge in [-0.2, -0.15) is 4.98 Å². The second-order valence-electron chi connectivity index (χ2n) is 4.13. The number of piperidine rings is 1. The average molecular weight is 221 g/mol. The van der Waals surface area contributed by atoms with Crippen LogP contribution in [0.5, 0.6) is 0 Å². The summed E-state index contributed by atoms with van der Waals surface area (Å²) in [6.07, 6.45) is 5.72. The van der Waals surface area contributed by atoms with Gasteiger partial charge in [0.1, 0.15) is 5.82 Å². The van der Waals surface area contributed by atoms with Crippen molar-refractivity contribution in [3.8, 4) is 0 Å². The minimum Gasteiger partial charge on any atom is -0.369 e. The molecule has 0 radical (unpaired) electrons. The lowest BCUT2D eigenvalue weighted by atomic mass is 10.1. The fourth-order valence-corrected chi connectivity index (χ4v) is 2.00. The van der Waals surface area contributed by atoms with Gasteiger partial charge in [0, 0.05) is 19.3 Å². The van der Waals surface area contributed by atoms with Crippen molar-refractivity contribution in [2.24, 2.45) is 0 Å². The zero-order valence-electron chi connectivity index (χ0n) is 9.52. The molecule has 0 aromatic carbocycles. The summed E-state index contributed by atoms with van der Waals surface area (Å²) >= 11 is 0. The normalized spacial score (nSPS) is 17.2. The van der Waals surface area contributed by atoms with Gasteiger partial charge < -0.3 is 16.0 Å². The van der Waals surface area contributed by atoms with Crippen molar-refractivity contribution in [3.05, 3.63) is 12.3 Å². The van der Waals surface area contributed by atoms with Gasteiger partial charge in [-0.1, -0.05) is 6.42 Å². The van der Waals surface area contributed by atoms with Gasteiger partial charge in [0.2, 0.25) is 5.95 Å². The smallest absolute Gasteiger partial charge is 0.221 e. The summed E-state index contributed by atoms with van der Waals surface area (Å²) in [6.45, 7) is 4.45. The number of nitrogens with zero attached hydrogens (tertiary/aromatic N) is 3. The number of hydrogen-bond acceptors (Lipinski definition) is 5. The van der Waals surface area contributed by atoms with Gasteiger partial charge in [-0.15, -0.1) is 0 Å². The SMILES string of the molecule is Nc1nccc(NCCN2CCCCC2)n1. The number of nitrogen functional groups attached to an aromatic ring is 1. The molecule has 0 bridgehead atoms. The molecule has 0 atom stereocenters. The van der Waals surface area contributed by atoms with Gasteiger partial charge in [-0.3, -0.25) is 0 Å². The number of rotatable bonds is 4. The Balaban J connectivity index is 1.71. The highest BCUT2D eigenvalue weighted by Crippen LogP contribution is 2.08. The number of likely N-dealkylation sites (tertiary alicyclic amines) is 1. The molecule has 0 unspecified atom stereocenters. The summed E-state index contributed by atoms with van der Waals surface area (Å²) in [5.74, 6) is 1.13. The van der Waals surface area contributed by atoms with Gasteiger partial charge in [0.05, 0.1) is 0 Å². The Bertz CT molecular complexity index is 322. The zero-order chi connectivity index (χ0) is 11.2. The maximum atomic E-state index is 5.50. The number of anilines is 2. The molecule has 0 saturated carbocycles. The van der Waals surface area contributed by atoms with Crippen LogP contribution in [-0.2, 0) is 0 Å². The summed E-state index contributed by atoms with van der Waals surface area (Å²) in [6, 6.07) is 1.84. The average Bonchev–Trinajstić information content (AvgIpc) is 2.30. The van der Waals surface area contributed by atoms with Crippen LogP contribution in [0.2, 0.25) is 0 Å². The highest BCUT2D eigenvalue weighted by Gasteiger charge is 2.08. The molecule has 5 nitrogen and oxygen atoms in total. The summed E-state index contributed by atoms with van der Waals surface area (Å²) < 4.78 is 0. The van der Waals surface area contributed by atoms with E-state index in [4.69, 9.17) is 5.73 Å². The van der Waals surface area contributed by atoms with E-state index in [1.807, 2.05) is 6.07 Å². The summed E-state index contributed by atoms with van der Waals surface area (Å²) in [5, 5.41) is 3.26. The molecule has 0 amide bonds. The second-order valence-corrected chi connectivity index (χ2v) is 4.13. The lowest BCUT2D eigenvalue weighted by Crippen LogP contribution is -2.33. The highest BCUT2D eigenvalue weighted by molar-refractivity contribution is 5.37. The van der Waals surface area contributed by atoms with E-state index < -0.39 is 0 Å². The molecule has 0 aliphatic carbocycles. The predicted octanol–water partition coefficient (Wildman–Crippen LogP) is 0.957. The lowest BCUT2D eigenvalue weighted by molar-refractivity contribution is 0.237. The molecule has 5 heteroatoms. The van der Waals surface area contributed by atoms with Gasteiger partial charge >= 0.3 is 0 Å². The van der Waals surface area contributed by atoms with Crippen molar-refractivity contribution in [1.82, 2.24) is 14.9 Å². The standard InChI is InChI=1S/C11H19N5/c12-11-14-5-4-10(15-11)13-6-9-16-7-2-1-3-8-16/h4-5H,1-3,6-9H2,(H3,12,13,14,15). The fraction of sp³-hybridized carbons (Fsp3) is 0.636. The van der Waals surface area contributed by atoms with Crippen molar-refractivity contribution >= 4 is 11.8 Å². The van der Waals surface area contributed by atoms with Crippen LogP contribution in [-0.4, -0.2) is 41.0 Å². The quantitative estimate of drug-likeness (QED) is 0.792. The lowest BCUT2D eigenvalue weighted by Gasteiger charge is -2.26. The van der Waals surface area contributed by atoms with Gasteiger partial charge in [-0.25, -0.2) is 4.98 Å². The molecule has 16 heavy (non-hydrogen) atoms. The summed E-state index contributed by atoms with van der Waals surface area (Å²) in [7, 11) is 0. The van der Waals surface area contributed by atoms with E-state index >= 15 is 0 Å². The maximum absolute atomic E-state index is 5.50. The van der Waals surface area contributed by atoms with Crippen LogP contribution < -0.4 is 11.1 Å². The Morgan fingerprint density at radius 2 is 2.12 bits per heavy atom. The molecular weight excluding hydrogens is 202 g/mol. The van der Waals surface area contributed by atoms with Crippen LogP contribution in [0.1, 0.15) is 19.3 Å². The molecule has 0 spiro atoms. The summed E-state index contributed by atoms with van der Waals surface area (Å²) in [5.41, 5.74) is 5.50. The first-order chi connectivity index (χ1) is 7.84. The van der Waals surface area contributed by atoms with Crippen LogP contribution in [0.25, 0.3) is 0 Å². The number of aromatic nitrogens is 2. The fourth-order valence-electron chi connectivity index (χ4n) is 2.00. The molecule has 1 aliphatic heterocycles. The first-order valence-electron chi connectivity index (χ1n) is 5.89. The first-order valence-corrected chi connectivity index (χ1v) is 5.89. The maximum Gasteiger partial charge on any atom is 0.221 e. The van der Waals surface area contributed by atoms with Crippen molar-refractivity contribution in [2.75, 3.05) is 37.2 Å². The Hall–Kier alpha value is -1.36. The van der Waals surface area contributed by atoms with E-state index in [0.717, 1.165) is 18.9 Å². The third kappa shape index (κ3) is 3.34. The summed E-state index contributed by atoms with van der Waals surface area (Å²) in [4.78, 5) is 10.4. The molecule has 2 heterocycles. The largest absolute Gasteiger partial charge is 0.369 e. The van der Waals surface area contributed by atoms with Crippen molar-refractivity contribution in [1.29, 1.82) is 0 Å². The van der Waals surface area contributed by atoms with Crippen LogP contribution in [0.3, 0.4) is 0 Å². The zero-order valence-corrected chi connectivity index (χ0v) is 9.52. The van der Waals surface area contributed by atoms with E-state index in [0.29, 0.717) is 5.95 Å². The van der Waals surface area contributed by atoms with Gasteiger partial charge in [0.15, 0.2) is 0 Å². The Morgan fingerprint density at radius 1 is 1.31 bits per heavy atom. The Kier molecular flexibility index (Phi) is 3.93. The van der Waals surface area contributed by atoms with E-state index in [1.165, 1.54) is 32.4 Å². The van der Waals surface area contributed by atoms with Crippen LogP contribution in [0.15, 0.2) is 12.3 Å². The van der Waals surface area contributed by atoms with Crippen LogP contribution >= 0.6 is 0 Å². The van der Waals surface area contributed by atoms with Crippen molar-refractivity contribution in [2.45, 2.75) is 19.3 Å². The molecule has 88 valence electrons. The van der Waals surface area contributed by atoms with Crippen LogP contribution in [0.4, 0.5) is 11.8 Å². The van der Waals surface area contributed by atoms with E-state index in [-0.39, 0.29) is 0 Å². The highest BCUT2D eigenvalue weighted by atomic mass is 15.2. The minimum atomic E-state index is 0.322. The first kappa shape index (κ1) is 11.1. The van der Waals surface area contributed by atoms with E-state index in [9.17, 15) is 0 Å². The Morgan fingerprint density at radius 3 is 2.88 bits per heavy atom. The van der Waals surface area contributed by atoms with Gasteiger partial charge in [-0.05, 0) is 32.0 Å². The molecular formula is C11H19N5. The molecule has 1 aliphatic rings. The number of nitrogens with two attached hydrogens (primary N) is 1. The van der Waals surface area contributed by atoms with Crippen molar-refractivity contribution < 1.29 is 0 Å². The molecule has 3 N–H and O–H groups in total. The topological polar surface area (TPSA) is 67.1 Å². The molecule has 1 aromatic heterocycles. The molecule has 2 rings (SSSR count). The minimum absolute atomic E-state index is 0.322. The Labute approximate surface area is 96.1 Å². The van der Waals surface area contributed by atoms with E-state index in [2.05, 4.69) is 20.2 Å². The number of nitrogens with one attached hydrogen (secondary N) is 1. The van der Waals surface area contributed by atoms with Crippen molar-refractivity contribution in [3.63, 3.8) is 0 Å². The molecule has 1 fully saturated rings. The second kappa shape index (κ2) is 5.65. The van der Waals surface area contributed by atoms with E-state index in [1.54, 1.807) is 6.20 Å². The third-order valence-corrected chi connectivity index (χ3v) is 2.86. The molecule has 1 aromatic rings. The van der Waals surface area contributed by atoms with Crippen LogP contribution in [0, 0.1) is 0 Å². The van der Waals surface area contributed by atoms with Gasteiger partial charge in [0.25, 0.3) is 0 Å². The molecule has 1 saturated heterocycles. The number of hydrogen-bond donors (Lipinski definition) is 2. The predicted molar refractivity (Wildman–Crippen MR) is 65.2 cm³/mol. The third-order valence-electron chi connectivity index (χ3n) is 2.86. The monoisotopic (exact) mass is 221 g/mol.